The SMILES string of the molecule is CCCC(=O)N1CCN(c2nc(C3CC3)c3c(c2C#N)CC(C)(C)OC3)C[C@@H]1C(C)C. The van der Waals surface area contributed by atoms with Crippen LogP contribution in [0.1, 0.15) is 88.6 Å². The number of amides is 1. The molecule has 0 bridgehead atoms. The molecule has 2 fully saturated rings. The van der Waals surface area contributed by atoms with Crippen LogP contribution in [-0.4, -0.2) is 47.1 Å². The maximum atomic E-state index is 12.7. The Balaban J connectivity index is 1.72. The average Bonchev–Trinajstić information content (AvgIpc) is 3.56. The summed E-state index contributed by atoms with van der Waals surface area (Å²) in [6.07, 6.45) is 4.55. The molecule has 0 unspecified atom stereocenters. The molecule has 1 aliphatic carbocycles. The Kier molecular flexibility index (Phi) is 6.00. The van der Waals surface area contributed by atoms with Crippen LogP contribution in [0.4, 0.5) is 5.82 Å². The van der Waals surface area contributed by atoms with Crippen LogP contribution < -0.4 is 4.90 Å². The van der Waals surface area contributed by atoms with Gasteiger partial charge in [-0.2, -0.15) is 5.26 Å². The van der Waals surface area contributed by atoms with Crippen molar-refractivity contribution in [2.75, 3.05) is 24.5 Å². The van der Waals surface area contributed by atoms with Crippen molar-refractivity contribution >= 4 is 11.7 Å². The van der Waals surface area contributed by atoms with Gasteiger partial charge in [-0.3, -0.25) is 4.79 Å². The molecule has 1 aromatic rings. The smallest absolute Gasteiger partial charge is 0.222 e. The molecule has 0 N–H and O–H groups in total. The van der Waals surface area contributed by atoms with E-state index in [0.717, 1.165) is 48.6 Å². The van der Waals surface area contributed by atoms with E-state index < -0.39 is 0 Å². The van der Waals surface area contributed by atoms with Crippen molar-refractivity contribution in [3.05, 3.63) is 22.4 Å². The molecule has 168 valence electrons. The number of pyridine rings is 1. The molecule has 0 aromatic carbocycles. The Labute approximate surface area is 186 Å². The number of nitrogens with zero attached hydrogens (tertiary/aromatic N) is 4. The molecule has 0 radical (unpaired) electrons. The van der Waals surface area contributed by atoms with Crippen molar-refractivity contribution in [1.82, 2.24) is 9.88 Å². The lowest BCUT2D eigenvalue weighted by Gasteiger charge is -2.44. The first-order valence-electron chi connectivity index (χ1n) is 11.9. The molecule has 3 aliphatic rings. The summed E-state index contributed by atoms with van der Waals surface area (Å²) in [5, 5.41) is 10.2. The summed E-state index contributed by atoms with van der Waals surface area (Å²) >= 11 is 0. The molecule has 6 nitrogen and oxygen atoms in total. The number of nitriles is 1. The minimum atomic E-state index is -0.274. The highest BCUT2D eigenvalue weighted by atomic mass is 16.5. The van der Waals surface area contributed by atoms with E-state index in [4.69, 9.17) is 9.72 Å². The third kappa shape index (κ3) is 4.30. The third-order valence-electron chi connectivity index (χ3n) is 6.98. The zero-order chi connectivity index (χ0) is 22.3. The van der Waals surface area contributed by atoms with E-state index in [1.54, 1.807) is 0 Å². The van der Waals surface area contributed by atoms with E-state index in [1.807, 2.05) is 0 Å². The van der Waals surface area contributed by atoms with Crippen LogP contribution in [-0.2, 0) is 22.6 Å². The van der Waals surface area contributed by atoms with E-state index >= 15 is 0 Å². The summed E-state index contributed by atoms with van der Waals surface area (Å²) in [5.74, 6) is 1.92. The quantitative estimate of drug-likeness (QED) is 0.710. The van der Waals surface area contributed by atoms with Gasteiger partial charge in [-0.05, 0) is 44.6 Å². The van der Waals surface area contributed by atoms with Gasteiger partial charge in [0.2, 0.25) is 5.91 Å². The highest BCUT2D eigenvalue weighted by Gasteiger charge is 2.39. The number of hydrogen-bond donors (Lipinski definition) is 0. The first-order chi connectivity index (χ1) is 14.8. The number of carbonyl (C=O) groups is 1. The number of ether oxygens (including phenoxy) is 1. The third-order valence-corrected chi connectivity index (χ3v) is 6.98. The van der Waals surface area contributed by atoms with Crippen LogP contribution >= 0.6 is 0 Å². The van der Waals surface area contributed by atoms with Gasteiger partial charge in [0.25, 0.3) is 0 Å². The van der Waals surface area contributed by atoms with Crippen molar-refractivity contribution in [2.24, 2.45) is 5.92 Å². The lowest BCUT2D eigenvalue weighted by atomic mass is 9.87. The normalized spacial score (nSPS) is 22.9. The van der Waals surface area contributed by atoms with Crippen molar-refractivity contribution in [1.29, 1.82) is 5.26 Å². The van der Waals surface area contributed by atoms with E-state index in [2.05, 4.69) is 50.5 Å². The molecule has 1 amide bonds. The second-order valence-electron chi connectivity index (χ2n) is 10.4. The second-order valence-corrected chi connectivity index (χ2v) is 10.4. The summed E-state index contributed by atoms with van der Waals surface area (Å²) in [7, 11) is 0. The lowest BCUT2D eigenvalue weighted by molar-refractivity contribution is -0.135. The van der Waals surface area contributed by atoms with Crippen LogP contribution in [0.2, 0.25) is 0 Å². The maximum absolute atomic E-state index is 12.7. The zero-order valence-corrected chi connectivity index (χ0v) is 19.7. The fourth-order valence-electron chi connectivity index (χ4n) is 5.06. The van der Waals surface area contributed by atoms with Gasteiger partial charge in [0.1, 0.15) is 11.9 Å². The minimum Gasteiger partial charge on any atom is -0.370 e. The molecular formula is C25H36N4O2. The highest BCUT2D eigenvalue weighted by Crippen LogP contribution is 2.46. The number of piperazine rings is 1. The molecule has 1 atom stereocenters. The molecule has 0 spiro atoms. The summed E-state index contributed by atoms with van der Waals surface area (Å²) in [6, 6.07) is 2.64. The molecular weight excluding hydrogens is 388 g/mol. The monoisotopic (exact) mass is 424 g/mol. The fourth-order valence-corrected chi connectivity index (χ4v) is 5.06. The topological polar surface area (TPSA) is 69.5 Å². The van der Waals surface area contributed by atoms with Gasteiger partial charge in [-0.1, -0.05) is 20.8 Å². The number of carbonyl (C=O) groups excluding carboxylic acids is 1. The lowest BCUT2D eigenvalue weighted by Crippen LogP contribution is -2.57. The van der Waals surface area contributed by atoms with Crippen molar-refractivity contribution in [2.45, 2.75) is 90.9 Å². The largest absolute Gasteiger partial charge is 0.370 e. The maximum Gasteiger partial charge on any atom is 0.222 e. The molecule has 3 heterocycles. The van der Waals surface area contributed by atoms with Crippen molar-refractivity contribution in [3.63, 3.8) is 0 Å². The molecule has 1 saturated heterocycles. The van der Waals surface area contributed by atoms with Gasteiger partial charge in [-0.25, -0.2) is 4.98 Å². The minimum absolute atomic E-state index is 0.140. The van der Waals surface area contributed by atoms with Crippen LogP contribution in [0.5, 0.6) is 0 Å². The Morgan fingerprint density at radius 1 is 1.29 bits per heavy atom. The predicted molar refractivity (Wildman–Crippen MR) is 121 cm³/mol. The Hall–Kier alpha value is -2.13. The van der Waals surface area contributed by atoms with Gasteiger partial charge in [0, 0.05) is 44.0 Å². The van der Waals surface area contributed by atoms with Gasteiger partial charge < -0.3 is 14.5 Å². The van der Waals surface area contributed by atoms with Gasteiger partial charge in [0.05, 0.1) is 29.5 Å². The van der Waals surface area contributed by atoms with Crippen LogP contribution in [0.3, 0.4) is 0 Å². The average molecular weight is 425 g/mol. The number of aromatic nitrogens is 1. The molecule has 6 heteroatoms. The molecule has 2 aliphatic heterocycles. The first kappa shape index (κ1) is 22.1. The predicted octanol–water partition coefficient (Wildman–Crippen LogP) is 4.16. The summed E-state index contributed by atoms with van der Waals surface area (Å²) in [4.78, 5) is 22.2. The molecule has 1 aromatic heterocycles. The Morgan fingerprint density at radius 3 is 2.65 bits per heavy atom. The standard InChI is InChI=1S/C25H36N4O2/c1-6-7-22(30)29-11-10-28(14-21(29)16(2)3)24-19(13-26)18-12-25(4,5)31-15-20(18)23(27-24)17-8-9-17/h16-17,21H,6-12,14-15H2,1-5H3/t21-/m1/s1. The number of fused-ring (bicyclic) bond motifs is 1. The zero-order valence-electron chi connectivity index (χ0n) is 19.7. The van der Waals surface area contributed by atoms with E-state index in [-0.39, 0.29) is 17.6 Å². The van der Waals surface area contributed by atoms with Gasteiger partial charge in [-0.15, -0.1) is 0 Å². The van der Waals surface area contributed by atoms with Crippen LogP contribution in [0, 0.1) is 17.2 Å². The van der Waals surface area contributed by atoms with Crippen LogP contribution in [0.15, 0.2) is 0 Å². The molecule has 1 saturated carbocycles. The Morgan fingerprint density at radius 2 is 2.03 bits per heavy atom. The van der Waals surface area contributed by atoms with Gasteiger partial charge >= 0.3 is 0 Å². The number of hydrogen-bond acceptors (Lipinski definition) is 5. The molecule has 4 rings (SSSR count). The van der Waals surface area contributed by atoms with Gasteiger partial charge in [0.15, 0.2) is 0 Å². The highest BCUT2D eigenvalue weighted by molar-refractivity contribution is 5.77. The fraction of sp³-hybridized carbons (Fsp3) is 0.720. The Bertz CT molecular complexity index is 898. The van der Waals surface area contributed by atoms with Crippen LogP contribution in [0.25, 0.3) is 0 Å². The summed E-state index contributed by atoms with van der Waals surface area (Å²) in [5.41, 5.74) is 3.87. The van der Waals surface area contributed by atoms with Crippen molar-refractivity contribution < 1.29 is 9.53 Å². The number of anilines is 1. The van der Waals surface area contributed by atoms with E-state index in [9.17, 15) is 10.1 Å². The molecule has 31 heavy (non-hydrogen) atoms. The summed E-state index contributed by atoms with van der Waals surface area (Å²) in [6.45, 7) is 13.3. The van der Waals surface area contributed by atoms with E-state index in [1.165, 1.54) is 12.8 Å². The first-order valence-corrected chi connectivity index (χ1v) is 11.9. The van der Waals surface area contributed by atoms with Crippen molar-refractivity contribution in [3.8, 4) is 6.07 Å². The van der Waals surface area contributed by atoms with E-state index in [0.29, 0.717) is 37.0 Å². The summed E-state index contributed by atoms with van der Waals surface area (Å²) < 4.78 is 6.10. The second kappa shape index (κ2) is 8.43. The number of rotatable bonds is 5.